The summed E-state index contributed by atoms with van der Waals surface area (Å²) in [6.45, 7) is 7.73. The lowest BCUT2D eigenvalue weighted by molar-refractivity contribution is 0.0873. The van der Waals surface area contributed by atoms with Gasteiger partial charge in [0.15, 0.2) is 0 Å². The Morgan fingerprint density at radius 3 is 3.00 bits per heavy atom. The Kier molecular flexibility index (Phi) is 7.49. The van der Waals surface area contributed by atoms with Crippen molar-refractivity contribution in [2.75, 3.05) is 31.2 Å². The Hall–Kier alpha value is 0.270. The van der Waals surface area contributed by atoms with Gasteiger partial charge >= 0.3 is 0 Å². The number of ether oxygens (including phenoxy) is 1. The van der Waals surface area contributed by atoms with Gasteiger partial charge in [-0.25, -0.2) is 0 Å². The number of hydrogen-bond acceptors (Lipinski definition) is 3. The van der Waals surface area contributed by atoms with Crippen LogP contribution in [0.5, 0.6) is 0 Å². The van der Waals surface area contributed by atoms with Crippen molar-refractivity contribution in [3.05, 3.63) is 0 Å². The van der Waals surface area contributed by atoms with Crippen molar-refractivity contribution in [2.45, 2.75) is 39.2 Å². The summed E-state index contributed by atoms with van der Waals surface area (Å²) in [6.07, 6.45) is 4.22. The van der Waals surface area contributed by atoms with Gasteiger partial charge in [-0.05, 0) is 43.2 Å². The zero-order valence-electron chi connectivity index (χ0n) is 10.1. The second-order valence-electron chi connectivity index (χ2n) is 4.12. The van der Waals surface area contributed by atoms with E-state index in [-0.39, 0.29) is 0 Å². The molecule has 0 aliphatic carbocycles. The maximum absolute atomic E-state index is 5.67. The fraction of sp³-hybridized carbons (Fsp3) is 1.00. The van der Waals surface area contributed by atoms with E-state index < -0.39 is 0 Å². The van der Waals surface area contributed by atoms with E-state index in [4.69, 9.17) is 4.74 Å². The van der Waals surface area contributed by atoms with Crippen molar-refractivity contribution >= 4 is 11.8 Å². The molecule has 0 amide bonds. The first kappa shape index (κ1) is 13.3. The molecule has 1 saturated heterocycles. The van der Waals surface area contributed by atoms with Crippen LogP contribution in [0.2, 0.25) is 0 Å². The van der Waals surface area contributed by atoms with Crippen LogP contribution in [0.25, 0.3) is 0 Å². The number of thioether (sulfide) groups is 1. The SMILES string of the molecule is CCSCCCNCC1CCOC1CC. The maximum atomic E-state index is 5.67. The first-order valence-electron chi connectivity index (χ1n) is 6.28. The molecule has 0 saturated carbocycles. The van der Waals surface area contributed by atoms with Crippen LogP contribution in [0, 0.1) is 5.92 Å². The van der Waals surface area contributed by atoms with E-state index in [0.29, 0.717) is 6.10 Å². The van der Waals surface area contributed by atoms with Gasteiger partial charge in [0, 0.05) is 13.2 Å². The molecule has 15 heavy (non-hydrogen) atoms. The first-order valence-corrected chi connectivity index (χ1v) is 7.44. The van der Waals surface area contributed by atoms with Crippen molar-refractivity contribution in [3.63, 3.8) is 0 Å². The molecule has 1 heterocycles. The Labute approximate surface area is 98.5 Å². The third-order valence-corrected chi connectivity index (χ3v) is 3.99. The van der Waals surface area contributed by atoms with E-state index in [1.165, 1.54) is 30.9 Å². The monoisotopic (exact) mass is 231 g/mol. The molecule has 0 bridgehead atoms. The summed E-state index contributed by atoms with van der Waals surface area (Å²) in [5, 5.41) is 3.56. The molecule has 1 aliphatic rings. The van der Waals surface area contributed by atoms with E-state index in [1.54, 1.807) is 0 Å². The Balaban J connectivity index is 1.95. The van der Waals surface area contributed by atoms with Crippen molar-refractivity contribution in [3.8, 4) is 0 Å². The van der Waals surface area contributed by atoms with Crippen LogP contribution in [0.4, 0.5) is 0 Å². The minimum atomic E-state index is 0.516. The smallest absolute Gasteiger partial charge is 0.0613 e. The summed E-state index contributed by atoms with van der Waals surface area (Å²) in [7, 11) is 0. The van der Waals surface area contributed by atoms with Crippen LogP contribution < -0.4 is 5.32 Å². The molecule has 0 aromatic rings. The summed E-state index contributed by atoms with van der Waals surface area (Å²) in [6, 6.07) is 0. The highest BCUT2D eigenvalue weighted by molar-refractivity contribution is 7.99. The molecule has 0 aromatic carbocycles. The van der Waals surface area contributed by atoms with Crippen LogP contribution in [0.3, 0.4) is 0 Å². The van der Waals surface area contributed by atoms with Crippen LogP contribution in [-0.2, 0) is 4.74 Å². The molecule has 1 rings (SSSR count). The van der Waals surface area contributed by atoms with E-state index in [0.717, 1.165) is 25.5 Å². The van der Waals surface area contributed by atoms with E-state index in [2.05, 4.69) is 19.2 Å². The third kappa shape index (κ3) is 5.23. The normalized spacial score (nSPS) is 26.0. The molecule has 2 unspecified atom stereocenters. The van der Waals surface area contributed by atoms with Gasteiger partial charge in [0.1, 0.15) is 0 Å². The highest BCUT2D eigenvalue weighted by Gasteiger charge is 2.25. The average Bonchev–Trinajstić information content (AvgIpc) is 2.70. The van der Waals surface area contributed by atoms with Gasteiger partial charge in [0.2, 0.25) is 0 Å². The fourth-order valence-electron chi connectivity index (χ4n) is 2.11. The van der Waals surface area contributed by atoms with Gasteiger partial charge in [-0.3, -0.25) is 0 Å². The number of nitrogens with one attached hydrogen (secondary N) is 1. The minimum Gasteiger partial charge on any atom is -0.378 e. The van der Waals surface area contributed by atoms with Crippen LogP contribution >= 0.6 is 11.8 Å². The predicted molar refractivity (Wildman–Crippen MR) is 68.6 cm³/mol. The van der Waals surface area contributed by atoms with Crippen LogP contribution in [0.1, 0.15) is 33.1 Å². The van der Waals surface area contributed by atoms with Gasteiger partial charge in [-0.1, -0.05) is 13.8 Å². The second kappa shape index (κ2) is 8.43. The summed E-state index contributed by atoms with van der Waals surface area (Å²) >= 11 is 2.03. The lowest BCUT2D eigenvalue weighted by atomic mass is 10.00. The van der Waals surface area contributed by atoms with Crippen molar-refractivity contribution in [1.82, 2.24) is 5.32 Å². The highest BCUT2D eigenvalue weighted by atomic mass is 32.2. The van der Waals surface area contributed by atoms with Crippen LogP contribution in [-0.4, -0.2) is 37.3 Å². The topological polar surface area (TPSA) is 21.3 Å². The zero-order chi connectivity index (χ0) is 10.9. The molecule has 0 radical (unpaired) electrons. The summed E-state index contributed by atoms with van der Waals surface area (Å²) in [5.41, 5.74) is 0. The molecule has 1 N–H and O–H groups in total. The summed E-state index contributed by atoms with van der Waals surface area (Å²) < 4.78 is 5.67. The van der Waals surface area contributed by atoms with E-state index in [1.807, 2.05) is 11.8 Å². The average molecular weight is 231 g/mol. The van der Waals surface area contributed by atoms with Crippen molar-refractivity contribution in [2.24, 2.45) is 5.92 Å². The lowest BCUT2D eigenvalue weighted by Gasteiger charge is -2.17. The van der Waals surface area contributed by atoms with Gasteiger partial charge in [-0.15, -0.1) is 0 Å². The fourth-order valence-corrected chi connectivity index (χ4v) is 2.75. The molecule has 3 heteroatoms. The first-order chi connectivity index (χ1) is 7.38. The highest BCUT2D eigenvalue weighted by Crippen LogP contribution is 2.22. The molecule has 2 nitrogen and oxygen atoms in total. The third-order valence-electron chi connectivity index (χ3n) is 3.00. The maximum Gasteiger partial charge on any atom is 0.0613 e. The van der Waals surface area contributed by atoms with Crippen LogP contribution in [0.15, 0.2) is 0 Å². The Bertz CT molecular complexity index is 155. The van der Waals surface area contributed by atoms with E-state index >= 15 is 0 Å². The molecule has 90 valence electrons. The largest absolute Gasteiger partial charge is 0.378 e. The Morgan fingerprint density at radius 2 is 2.27 bits per heavy atom. The number of rotatable bonds is 8. The van der Waals surface area contributed by atoms with E-state index in [9.17, 15) is 0 Å². The molecule has 0 aromatic heterocycles. The van der Waals surface area contributed by atoms with Crippen molar-refractivity contribution in [1.29, 1.82) is 0 Å². The second-order valence-corrected chi connectivity index (χ2v) is 5.51. The molecule has 0 spiro atoms. The molecular weight excluding hydrogens is 206 g/mol. The quantitative estimate of drug-likeness (QED) is 0.649. The molecule has 1 fully saturated rings. The standard InChI is InChI=1S/C12H25NOS/c1-3-12-11(6-8-14-12)10-13-7-5-9-15-4-2/h11-13H,3-10H2,1-2H3. The molecule has 1 aliphatic heterocycles. The summed E-state index contributed by atoms with van der Waals surface area (Å²) in [4.78, 5) is 0. The van der Waals surface area contributed by atoms with Gasteiger partial charge in [0.25, 0.3) is 0 Å². The van der Waals surface area contributed by atoms with Crippen molar-refractivity contribution < 1.29 is 4.74 Å². The molecule has 2 atom stereocenters. The predicted octanol–water partition coefficient (Wildman–Crippen LogP) is 2.53. The Morgan fingerprint density at radius 1 is 1.40 bits per heavy atom. The zero-order valence-corrected chi connectivity index (χ0v) is 10.9. The van der Waals surface area contributed by atoms with Gasteiger partial charge in [0.05, 0.1) is 6.10 Å². The van der Waals surface area contributed by atoms with Gasteiger partial charge < -0.3 is 10.1 Å². The number of hydrogen-bond donors (Lipinski definition) is 1. The lowest BCUT2D eigenvalue weighted by Crippen LogP contribution is -2.29. The molecular formula is C12H25NOS. The summed E-state index contributed by atoms with van der Waals surface area (Å²) in [5.74, 6) is 3.30. The minimum absolute atomic E-state index is 0.516. The van der Waals surface area contributed by atoms with Gasteiger partial charge in [-0.2, -0.15) is 11.8 Å².